The highest BCUT2D eigenvalue weighted by Gasteiger charge is 2.39. The molecule has 102 valence electrons. The third-order valence-electron chi connectivity index (χ3n) is 4.61. The Hall–Kier alpha value is -0.630. The van der Waals surface area contributed by atoms with Crippen LogP contribution in [0, 0.1) is 5.92 Å². The Morgan fingerprint density at radius 3 is 2.61 bits per heavy atom. The van der Waals surface area contributed by atoms with Crippen LogP contribution in [0.4, 0.5) is 0 Å². The van der Waals surface area contributed by atoms with E-state index in [9.17, 15) is 9.90 Å². The van der Waals surface area contributed by atoms with Gasteiger partial charge in [-0.1, -0.05) is 25.8 Å². The zero-order chi connectivity index (χ0) is 13.0. The maximum atomic E-state index is 12.5. The molecule has 0 unspecified atom stereocenters. The minimum atomic E-state index is -1.04. The highest BCUT2D eigenvalue weighted by Crippen LogP contribution is 2.35. The normalized spacial score (nSPS) is 34.3. The average molecular weight is 250 g/mol. The number of carbonyl (C=O) groups excluding carboxylic acids is 1. The smallest absolute Gasteiger partial charge is 0.189 e. The van der Waals surface area contributed by atoms with Gasteiger partial charge in [0.15, 0.2) is 5.78 Å². The summed E-state index contributed by atoms with van der Waals surface area (Å²) in [6.07, 6.45) is 12.0. The summed E-state index contributed by atoms with van der Waals surface area (Å²) in [5, 5.41) is 10.6. The maximum absolute atomic E-state index is 12.5. The van der Waals surface area contributed by atoms with Gasteiger partial charge >= 0.3 is 0 Å². The largest absolute Gasteiger partial charge is 0.382 e. The van der Waals surface area contributed by atoms with Crippen molar-refractivity contribution in [2.45, 2.75) is 76.7 Å². The molecule has 2 aliphatic carbocycles. The van der Waals surface area contributed by atoms with Crippen molar-refractivity contribution < 1.29 is 9.90 Å². The molecular weight excluding hydrogens is 224 g/mol. The van der Waals surface area contributed by atoms with E-state index in [1.165, 1.54) is 19.3 Å². The highest BCUT2D eigenvalue weighted by molar-refractivity contribution is 6.01. The van der Waals surface area contributed by atoms with Crippen molar-refractivity contribution in [3.05, 3.63) is 11.6 Å². The molecule has 1 saturated carbocycles. The molecule has 18 heavy (non-hydrogen) atoms. The third-order valence-corrected chi connectivity index (χ3v) is 4.61. The summed E-state index contributed by atoms with van der Waals surface area (Å²) in [6.45, 7) is 2.21. The first-order chi connectivity index (χ1) is 8.62. The Labute approximate surface area is 110 Å². The van der Waals surface area contributed by atoms with Crippen LogP contribution in [0.25, 0.3) is 0 Å². The molecule has 0 radical (unpaired) electrons. The standard InChI is InChI=1S/C16H26O2/c1-13-9-11-16(18,12-10-13)15(17)14-7-5-3-2-4-6-8-14/h7,13,18H,2-6,8-12H2,1H3. The summed E-state index contributed by atoms with van der Waals surface area (Å²) < 4.78 is 0. The Morgan fingerprint density at radius 1 is 1.22 bits per heavy atom. The van der Waals surface area contributed by atoms with Crippen molar-refractivity contribution in [3.8, 4) is 0 Å². The molecule has 2 heteroatoms. The molecule has 2 nitrogen and oxygen atoms in total. The predicted molar refractivity (Wildman–Crippen MR) is 73.4 cm³/mol. The quantitative estimate of drug-likeness (QED) is 0.810. The molecule has 2 aliphatic rings. The summed E-state index contributed by atoms with van der Waals surface area (Å²) in [6, 6.07) is 0. The Morgan fingerprint density at radius 2 is 1.89 bits per heavy atom. The second-order valence-electron chi connectivity index (χ2n) is 6.23. The lowest BCUT2D eigenvalue weighted by Crippen LogP contribution is -2.42. The van der Waals surface area contributed by atoms with Crippen LogP contribution in [0.1, 0.15) is 71.1 Å². The van der Waals surface area contributed by atoms with Gasteiger partial charge in [0.25, 0.3) is 0 Å². The van der Waals surface area contributed by atoms with Gasteiger partial charge in [-0.05, 0) is 62.9 Å². The van der Waals surface area contributed by atoms with Gasteiger partial charge in [0.05, 0.1) is 0 Å². The second-order valence-corrected chi connectivity index (χ2v) is 6.23. The van der Waals surface area contributed by atoms with Crippen LogP contribution in [0.15, 0.2) is 11.6 Å². The molecule has 0 bridgehead atoms. The number of aliphatic hydroxyl groups is 1. The summed E-state index contributed by atoms with van der Waals surface area (Å²) in [5.41, 5.74) is -0.135. The molecule has 0 heterocycles. The molecule has 0 aromatic carbocycles. The predicted octanol–water partition coefficient (Wildman–Crippen LogP) is 3.78. The van der Waals surface area contributed by atoms with Crippen LogP contribution >= 0.6 is 0 Å². The molecule has 0 aromatic rings. The molecule has 0 aromatic heterocycles. The molecule has 0 saturated heterocycles. The van der Waals surface area contributed by atoms with Crippen LogP contribution < -0.4 is 0 Å². The number of Topliss-reactive ketones (excluding diaryl/α,β-unsaturated/α-hetero) is 1. The number of hydrogen-bond acceptors (Lipinski definition) is 2. The van der Waals surface area contributed by atoms with E-state index in [1.54, 1.807) is 0 Å². The molecule has 0 spiro atoms. The first kappa shape index (κ1) is 13.8. The molecule has 0 atom stereocenters. The lowest BCUT2D eigenvalue weighted by atomic mass is 9.75. The third kappa shape index (κ3) is 3.23. The number of rotatable bonds is 2. The van der Waals surface area contributed by atoms with Crippen molar-refractivity contribution in [2.24, 2.45) is 5.92 Å². The van der Waals surface area contributed by atoms with Crippen molar-refractivity contribution in [2.75, 3.05) is 0 Å². The maximum Gasteiger partial charge on any atom is 0.189 e. The van der Waals surface area contributed by atoms with Gasteiger partial charge in [0, 0.05) is 0 Å². The lowest BCUT2D eigenvalue weighted by molar-refractivity contribution is -0.137. The SMILES string of the molecule is CC1CCC(O)(C(=O)C2=CCCCCCC2)CC1. The topological polar surface area (TPSA) is 37.3 Å². The first-order valence-electron chi connectivity index (χ1n) is 7.58. The molecule has 1 N–H and O–H groups in total. The summed E-state index contributed by atoms with van der Waals surface area (Å²) in [4.78, 5) is 12.5. The molecule has 1 fully saturated rings. The van der Waals surface area contributed by atoms with Gasteiger partial charge in [-0.2, -0.15) is 0 Å². The first-order valence-corrected chi connectivity index (χ1v) is 7.58. The van der Waals surface area contributed by atoms with Crippen LogP contribution in [0.2, 0.25) is 0 Å². The van der Waals surface area contributed by atoms with Crippen LogP contribution in [0.3, 0.4) is 0 Å². The van der Waals surface area contributed by atoms with Crippen molar-refractivity contribution in [1.29, 1.82) is 0 Å². The van der Waals surface area contributed by atoms with E-state index in [0.29, 0.717) is 18.8 Å². The van der Waals surface area contributed by atoms with Gasteiger partial charge in [-0.3, -0.25) is 4.79 Å². The minimum Gasteiger partial charge on any atom is -0.382 e. The van der Waals surface area contributed by atoms with E-state index >= 15 is 0 Å². The van der Waals surface area contributed by atoms with E-state index in [4.69, 9.17) is 0 Å². The fourth-order valence-electron chi connectivity index (χ4n) is 3.16. The Balaban J connectivity index is 2.04. The summed E-state index contributed by atoms with van der Waals surface area (Å²) in [5.74, 6) is 0.695. The number of ketones is 1. The van der Waals surface area contributed by atoms with Crippen LogP contribution in [-0.4, -0.2) is 16.5 Å². The number of carbonyl (C=O) groups is 1. The van der Waals surface area contributed by atoms with E-state index in [0.717, 1.165) is 37.7 Å². The average Bonchev–Trinajstić information content (AvgIpc) is 2.32. The van der Waals surface area contributed by atoms with Crippen molar-refractivity contribution in [1.82, 2.24) is 0 Å². The number of allylic oxidation sites excluding steroid dienone is 1. The zero-order valence-electron chi connectivity index (χ0n) is 11.6. The van der Waals surface area contributed by atoms with Gasteiger partial charge in [0.1, 0.15) is 5.60 Å². The Kier molecular flexibility index (Phi) is 4.60. The fourth-order valence-corrected chi connectivity index (χ4v) is 3.16. The van der Waals surface area contributed by atoms with Crippen LogP contribution in [-0.2, 0) is 4.79 Å². The molecular formula is C16H26O2. The van der Waals surface area contributed by atoms with Gasteiger partial charge in [0.2, 0.25) is 0 Å². The molecule has 2 rings (SSSR count). The van der Waals surface area contributed by atoms with Crippen molar-refractivity contribution in [3.63, 3.8) is 0 Å². The minimum absolute atomic E-state index is 0.0382. The van der Waals surface area contributed by atoms with Gasteiger partial charge < -0.3 is 5.11 Å². The summed E-state index contributed by atoms with van der Waals surface area (Å²) in [7, 11) is 0. The monoisotopic (exact) mass is 250 g/mol. The molecule has 0 amide bonds. The lowest BCUT2D eigenvalue weighted by Gasteiger charge is -2.34. The van der Waals surface area contributed by atoms with Crippen molar-refractivity contribution >= 4 is 5.78 Å². The van der Waals surface area contributed by atoms with E-state index in [1.807, 2.05) is 0 Å². The fraction of sp³-hybridized carbons (Fsp3) is 0.812. The highest BCUT2D eigenvalue weighted by atomic mass is 16.3. The second kappa shape index (κ2) is 6.01. The van der Waals surface area contributed by atoms with Crippen LogP contribution in [0.5, 0.6) is 0 Å². The van der Waals surface area contributed by atoms with Gasteiger partial charge in [-0.25, -0.2) is 0 Å². The Bertz CT molecular complexity index is 322. The zero-order valence-corrected chi connectivity index (χ0v) is 11.6. The van der Waals surface area contributed by atoms with E-state index in [-0.39, 0.29) is 5.78 Å². The van der Waals surface area contributed by atoms with E-state index in [2.05, 4.69) is 13.0 Å². The number of hydrogen-bond donors (Lipinski definition) is 1. The van der Waals surface area contributed by atoms with Gasteiger partial charge in [-0.15, -0.1) is 0 Å². The molecule has 0 aliphatic heterocycles. The van der Waals surface area contributed by atoms with E-state index < -0.39 is 5.60 Å². The summed E-state index contributed by atoms with van der Waals surface area (Å²) >= 11 is 0.